The highest BCUT2D eigenvalue weighted by atomic mass is 16.7. The Hall–Kier alpha value is -2.23. The Morgan fingerprint density at radius 3 is 2.57 bits per heavy atom. The monoisotopic (exact) mass is 488 g/mol. The van der Waals surface area contributed by atoms with Crippen LogP contribution in [0, 0.1) is 28.1 Å². The lowest BCUT2D eigenvalue weighted by Crippen LogP contribution is -2.72. The summed E-state index contributed by atoms with van der Waals surface area (Å²) in [5.74, 6) is -2.42. The smallest absolute Gasteiger partial charge is 0.339 e. The van der Waals surface area contributed by atoms with Gasteiger partial charge in [-0.05, 0) is 45.6 Å². The summed E-state index contributed by atoms with van der Waals surface area (Å²) >= 11 is 0. The molecule has 2 aliphatic carbocycles. The number of hydrogen-bond donors (Lipinski definition) is 2. The largest absolute Gasteiger partial charge is 0.481 e. The number of aliphatic hydroxyl groups is 1. The van der Waals surface area contributed by atoms with Gasteiger partial charge in [0, 0.05) is 28.7 Å². The number of ether oxygens (including phenoxy) is 3. The van der Waals surface area contributed by atoms with Crippen molar-refractivity contribution in [3.8, 4) is 0 Å². The number of rotatable bonds is 4. The molecule has 6 rings (SSSR count). The maximum absolute atomic E-state index is 14.2. The van der Waals surface area contributed by atoms with E-state index in [1.54, 1.807) is 12.3 Å². The van der Waals surface area contributed by atoms with Crippen LogP contribution in [0.15, 0.2) is 23.0 Å². The highest BCUT2D eigenvalue weighted by molar-refractivity contribution is 5.93. The third-order valence-corrected chi connectivity index (χ3v) is 10.5. The number of cyclic esters (lactones) is 1. The van der Waals surface area contributed by atoms with E-state index in [1.165, 1.54) is 6.26 Å². The number of furan rings is 1. The minimum Gasteiger partial charge on any atom is -0.481 e. The number of hydrogen-bond acceptors (Lipinski definition) is 8. The van der Waals surface area contributed by atoms with Crippen LogP contribution in [0.2, 0.25) is 0 Å². The maximum atomic E-state index is 14.2. The maximum Gasteiger partial charge on any atom is 0.339 e. The Balaban J connectivity index is 1.52. The van der Waals surface area contributed by atoms with Crippen LogP contribution in [-0.4, -0.2) is 58.0 Å². The molecule has 9 nitrogen and oxygen atoms in total. The number of ketones is 1. The number of carboxylic acid groups (broad SMARTS) is 1. The third kappa shape index (κ3) is 2.47. The van der Waals surface area contributed by atoms with Gasteiger partial charge in [-0.15, -0.1) is 0 Å². The Bertz CT molecular complexity index is 1110. The second-order valence-corrected chi connectivity index (χ2v) is 12.1. The molecule has 1 spiro atoms. The molecule has 5 fully saturated rings. The van der Waals surface area contributed by atoms with Crippen LogP contribution in [0.1, 0.15) is 65.0 Å². The van der Waals surface area contributed by atoms with Gasteiger partial charge >= 0.3 is 11.9 Å². The first-order chi connectivity index (χ1) is 16.4. The van der Waals surface area contributed by atoms with E-state index in [-0.39, 0.29) is 24.7 Å². The molecule has 0 unspecified atom stereocenters. The first kappa shape index (κ1) is 23.2. The van der Waals surface area contributed by atoms with Crippen molar-refractivity contribution in [1.29, 1.82) is 0 Å². The zero-order valence-electron chi connectivity index (χ0n) is 20.4. The van der Waals surface area contributed by atoms with Gasteiger partial charge in [-0.3, -0.25) is 9.59 Å². The number of epoxide rings is 1. The van der Waals surface area contributed by atoms with Gasteiger partial charge < -0.3 is 28.8 Å². The molecule has 0 amide bonds. The van der Waals surface area contributed by atoms with Gasteiger partial charge in [0.15, 0.2) is 6.10 Å². The van der Waals surface area contributed by atoms with Crippen molar-refractivity contribution in [3.63, 3.8) is 0 Å². The van der Waals surface area contributed by atoms with Gasteiger partial charge in [0.25, 0.3) is 0 Å². The minimum absolute atomic E-state index is 0.0294. The van der Waals surface area contributed by atoms with Gasteiger partial charge in [0.1, 0.15) is 17.5 Å². The SMILES string of the molecule is CC1(C)OC[C@@]2([C@@H](O)CC(=O)O)[C@H]3CC[C@@]4(C)[C@H](c5ccoc5)OC(=O)[C@H]5O[C@]54[C@]3(C)C(=O)C[C@@H]12. The number of aliphatic hydroxyl groups excluding tert-OH is 1. The van der Waals surface area contributed by atoms with Crippen LogP contribution in [0.3, 0.4) is 0 Å². The summed E-state index contributed by atoms with van der Waals surface area (Å²) in [4.78, 5) is 39.0. The van der Waals surface area contributed by atoms with Crippen LogP contribution in [0.5, 0.6) is 0 Å². The van der Waals surface area contributed by atoms with E-state index in [1.807, 2.05) is 27.7 Å². The minimum atomic E-state index is -1.21. The Morgan fingerprint density at radius 2 is 1.91 bits per heavy atom. The van der Waals surface area contributed by atoms with Crippen LogP contribution < -0.4 is 0 Å². The van der Waals surface area contributed by atoms with Gasteiger partial charge in [0.2, 0.25) is 0 Å². The summed E-state index contributed by atoms with van der Waals surface area (Å²) in [5, 5.41) is 21.0. The van der Waals surface area contributed by atoms with Crippen molar-refractivity contribution in [3.05, 3.63) is 24.2 Å². The summed E-state index contributed by atoms with van der Waals surface area (Å²) < 4.78 is 23.6. The molecule has 1 aromatic rings. The van der Waals surface area contributed by atoms with Crippen molar-refractivity contribution in [2.75, 3.05) is 6.61 Å². The van der Waals surface area contributed by atoms with Crippen LogP contribution >= 0.6 is 0 Å². The lowest BCUT2D eigenvalue weighted by atomic mass is 9.37. The zero-order valence-corrected chi connectivity index (χ0v) is 20.4. The number of esters is 1. The molecule has 3 aliphatic heterocycles. The van der Waals surface area contributed by atoms with E-state index in [0.29, 0.717) is 18.4 Å². The summed E-state index contributed by atoms with van der Waals surface area (Å²) in [7, 11) is 0. The molecule has 2 N–H and O–H groups in total. The van der Waals surface area contributed by atoms with Crippen molar-refractivity contribution >= 4 is 17.7 Å². The lowest BCUT2D eigenvalue weighted by Gasteiger charge is -2.64. The molecule has 2 saturated carbocycles. The molecule has 190 valence electrons. The van der Waals surface area contributed by atoms with Gasteiger partial charge in [-0.1, -0.05) is 6.92 Å². The highest BCUT2D eigenvalue weighted by Gasteiger charge is 2.89. The Labute approximate surface area is 203 Å². The van der Waals surface area contributed by atoms with Crippen LogP contribution in [0.25, 0.3) is 0 Å². The fourth-order valence-electron chi connectivity index (χ4n) is 8.92. The lowest BCUT2D eigenvalue weighted by molar-refractivity contribution is -0.221. The molecule has 35 heavy (non-hydrogen) atoms. The van der Waals surface area contributed by atoms with Crippen molar-refractivity contribution < 1.29 is 43.2 Å². The highest BCUT2D eigenvalue weighted by Crippen LogP contribution is 2.79. The fraction of sp³-hybridized carbons (Fsp3) is 0.731. The molecule has 4 heterocycles. The van der Waals surface area contributed by atoms with Gasteiger partial charge in [-0.2, -0.15) is 0 Å². The molecule has 0 bridgehead atoms. The quantitative estimate of drug-likeness (QED) is 0.484. The standard InChI is InChI=1S/C26H32O9/c1-22(2)15-9-16(27)24(4)14(25(15,12-33-22)17(28)10-18(29)30)5-7-23(3)19(13-6-8-32-11-13)34-21(31)20-26(23,24)35-20/h6,8,11,14-15,17,19-20,28H,5,7,9-10,12H2,1-4H3,(H,29,30)/t14-,15-,17-,19-,20+,23-,24-,25+,26+/m0/s1. The van der Waals surface area contributed by atoms with E-state index >= 15 is 0 Å². The normalized spacial score (nSPS) is 48.1. The molecule has 5 aliphatic rings. The topological polar surface area (TPSA) is 136 Å². The summed E-state index contributed by atoms with van der Waals surface area (Å²) in [6, 6.07) is 1.76. The molecule has 9 heteroatoms. The number of fused-ring (bicyclic) bond motifs is 3. The number of Topliss-reactive ketones (excluding diaryl/α,β-unsaturated/α-hetero) is 1. The van der Waals surface area contributed by atoms with Gasteiger partial charge in [-0.25, -0.2) is 4.79 Å². The summed E-state index contributed by atoms with van der Waals surface area (Å²) in [6.45, 7) is 7.82. The average Bonchev–Trinajstić information content (AvgIpc) is 3.23. The van der Waals surface area contributed by atoms with E-state index < -0.39 is 70.0 Å². The third-order valence-electron chi connectivity index (χ3n) is 10.5. The molecular formula is C26H32O9. The molecule has 3 saturated heterocycles. The number of carbonyl (C=O) groups excluding carboxylic acids is 2. The van der Waals surface area contributed by atoms with E-state index in [0.717, 1.165) is 0 Å². The fourth-order valence-corrected chi connectivity index (χ4v) is 8.92. The Kier molecular flexibility index (Phi) is 4.47. The average molecular weight is 489 g/mol. The van der Waals surface area contributed by atoms with E-state index in [4.69, 9.17) is 18.6 Å². The molecule has 1 aromatic heterocycles. The number of carboxylic acids is 1. The predicted octanol–water partition coefficient (Wildman–Crippen LogP) is 2.66. The molecule has 9 atom stereocenters. The van der Waals surface area contributed by atoms with E-state index in [9.17, 15) is 24.6 Å². The number of carbonyl (C=O) groups is 3. The second kappa shape index (κ2) is 6.75. The van der Waals surface area contributed by atoms with E-state index in [2.05, 4.69) is 0 Å². The number of aliphatic carboxylic acids is 1. The van der Waals surface area contributed by atoms with Crippen LogP contribution in [0.4, 0.5) is 0 Å². The Morgan fingerprint density at radius 1 is 1.17 bits per heavy atom. The van der Waals surface area contributed by atoms with Crippen molar-refractivity contribution in [1.82, 2.24) is 0 Å². The second-order valence-electron chi connectivity index (χ2n) is 12.1. The molecule has 0 radical (unpaired) electrons. The van der Waals surface area contributed by atoms with Gasteiger partial charge in [0.05, 0.1) is 42.7 Å². The summed E-state index contributed by atoms with van der Waals surface area (Å²) in [5.41, 5.74) is -3.91. The first-order valence-electron chi connectivity index (χ1n) is 12.3. The predicted molar refractivity (Wildman–Crippen MR) is 118 cm³/mol. The van der Waals surface area contributed by atoms with Crippen molar-refractivity contribution in [2.24, 2.45) is 28.1 Å². The zero-order chi connectivity index (χ0) is 25.2. The van der Waals surface area contributed by atoms with Crippen molar-refractivity contribution in [2.45, 2.75) is 82.9 Å². The van der Waals surface area contributed by atoms with Crippen LogP contribution in [-0.2, 0) is 28.6 Å². The summed E-state index contributed by atoms with van der Waals surface area (Å²) in [6.07, 6.45) is 1.13. The molecular weight excluding hydrogens is 456 g/mol. The molecule has 0 aromatic carbocycles. The first-order valence-corrected chi connectivity index (χ1v) is 12.3.